The van der Waals surface area contributed by atoms with Gasteiger partial charge in [-0.05, 0) is 36.6 Å². The van der Waals surface area contributed by atoms with Gasteiger partial charge in [-0.3, -0.25) is 4.90 Å². The fourth-order valence-corrected chi connectivity index (χ4v) is 3.13. The van der Waals surface area contributed by atoms with E-state index in [2.05, 4.69) is 59.3 Å². The summed E-state index contributed by atoms with van der Waals surface area (Å²) in [5.74, 6) is 1.03. The Kier molecular flexibility index (Phi) is 3.72. The predicted octanol–water partition coefficient (Wildman–Crippen LogP) is 4.16. The number of para-hydroxylation sites is 2. The number of H-pyrrole nitrogens is 1. The highest BCUT2D eigenvalue weighted by Crippen LogP contribution is 2.23. The quantitative estimate of drug-likeness (QED) is 0.788. The van der Waals surface area contributed by atoms with Gasteiger partial charge in [-0.15, -0.1) is 0 Å². The molecule has 0 fully saturated rings. The molecule has 2 aromatic carbocycles. The smallest absolute Gasteiger partial charge is 0.134 e. The van der Waals surface area contributed by atoms with Gasteiger partial charge in [-0.2, -0.15) is 0 Å². The van der Waals surface area contributed by atoms with Crippen LogP contribution in [0.5, 0.6) is 0 Å². The lowest BCUT2D eigenvalue weighted by atomic mass is 10.1. The second-order valence-corrected chi connectivity index (χ2v) is 6.30. The lowest BCUT2D eigenvalue weighted by molar-refractivity contribution is 0.293. The predicted molar refractivity (Wildman–Crippen MR) is 95.1 cm³/mol. The minimum absolute atomic E-state index is 0.986. The van der Waals surface area contributed by atoms with Crippen molar-refractivity contribution in [2.75, 3.05) is 13.1 Å². The second-order valence-electron chi connectivity index (χ2n) is 6.30. The van der Waals surface area contributed by atoms with Crippen molar-refractivity contribution >= 4 is 16.6 Å². The van der Waals surface area contributed by atoms with Crippen LogP contribution in [-0.2, 0) is 6.54 Å². The van der Waals surface area contributed by atoms with Gasteiger partial charge in [0.15, 0.2) is 0 Å². The van der Waals surface area contributed by atoms with Crippen LogP contribution in [0, 0.1) is 6.92 Å². The first kappa shape index (κ1) is 14.2. The van der Waals surface area contributed by atoms with Gasteiger partial charge in [-0.1, -0.05) is 48.0 Å². The Morgan fingerprint density at radius 2 is 1.91 bits per heavy atom. The normalized spacial score (nSPS) is 15.8. The molecule has 0 aliphatic carbocycles. The average Bonchev–Trinajstić information content (AvgIpc) is 3.02. The molecular formula is C20H21N3. The molecule has 3 nitrogen and oxygen atoms in total. The molecule has 0 radical (unpaired) electrons. The van der Waals surface area contributed by atoms with E-state index in [4.69, 9.17) is 4.98 Å². The van der Waals surface area contributed by atoms with Crippen LogP contribution in [-0.4, -0.2) is 28.0 Å². The van der Waals surface area contributed by atoms with Crippen molar-refractivity contribution in [3.05, 3.63) is 71.6 Å². The summed E-state index contributed by atoms with van der Waals surface area (Å²) in [6, 6.07) is 17.1. The molecule has 0 atom stereocenters. The molecule has 0 bridgehead atoms. The Bertz CT molecular complexity index is 810. The molecule has 116 valence electrons. The monoisotopic (exact) mass is 303 g/mol. The van der Waals surface area contributed by atoms with Gasteiger partial charge in [0.1, 0.15) is 5.82 Å². The molecule has 0 spiro atoms. The zero-order valence-electron chi connectivity index (χ0n) is 13.4. The summed E-state index contributed by atoms with van der Waals surface area (Å²) in [6.07, 6.45) is 3.36. The molecule has 1 aliphatic rings. The molecule has 4 rings (SSSR count). The number of aromatic amines is 1. The topological polar surface area (TPSA) is 31.9 Å². The number of aromatic nitrogens is 2. The Morgan fingerprint density at radius 3 is 2.65 bits per heavy atom. The fourth-order valence-electron chi connectivity index (χ4n) is 3.13. The number of hydrogen-bond acceptors (Lipinski definition) is 2. The summed E-state index contributed by atoms with van der Waals surface area (Å²) in [5.41, 5.74) is 6.20. The van der Waals surface area contributed by atoms with Crippen molar-refractivity contribution in [3.8, 4) is 0 Å². The van der Waals surface area contributed by atoms with E-state index >= 15 is 0 Å². The van der Waals surface area contributed by atoms with E-state index in [0.29, 0.717) is 0 Å². The molecule has 3 heteroatoms. The number of nitrogens with zero attached hydrogens (tertiary/aromatic N) is 2. The second kappa shape index (κ2) is 6.01. The van der Waals surface area contributed by atoms with Gasteiger partial charge in [-0.25, -0.2) is 4.98 Å². The first-order valence-corrected chi connectivity index (χ1v) is 8.20. The fraction of sp³-hybridized carbons (Fsp3) is 0.250. The summed E-state index contributed by atoms with van der Waals surface area (Å²) >= 11 is 0. The van der Waals surface area contributed by atoms with Gasteiger partial charge in [0.2, 0.25) is 0 Å². The van der Waals surface area contributed by atoms with Gasteiger partial charge in [0.25, 0.3) is 0 Å². The summed E-state index contributed by atoms with van der Waals surface area (Å²) < 4.78 is 0. The zero-order chi connectivity index (χ0) is 15.6. The number of rotatable bonds is 3. The molecule has 0 unspecified atom stereocenters. The third-order valence-electron chi connectivity index (χ3n) is 4.51. The minimum Gasteiger partial charge on any atom is -0.338 e. The molecule has 0 saturated carbocycles. The number of hydrogen-bond donors (Lipinski definition) is 1. The van der Waals surface area contributed by atoms with E-state index in [9.17, 15) is 0 Å². The molecule has 0 amide bonds. The van der Waals surface area contributed by atoms with E-state index < -0.39 is 0 Å². The van der Waals surface area contributed by atoms with Crippen LogP contribution in [0.2, 0.25) is 0 Å². The summed E-state index contributed by atoms with van der Waals surface area (Å²) in [5, 5.41) is 0. The van der Waals surface area contributed by atoms with Crippen molar-refractivity contribution in [1.82, 2.24) is 14.9 Å². The van der Waals surface area contributed by atoms with Gasteiger partial charge < -0.3 is 4.98 Å². The molecule has 0 saturated heterocycles. The van der Waals surface area contributed by atoms with E-state index in [0.717, 1.165) is 42.9 Å². The lowest BCUT2D eigenvalue weighted by Gasteiger charge is -2.25. The Labute approximate surface area is 136 Å². The number of nitrogens with one attached hydrogen (secondary N) is 1. The molecule has 2 heterocycles. The number of fused-ring (bicyclic) bond motifs is 1. The van der Waals surface area contributed by atoms with Crippen LogP contribution in [0.1, 0.15) is 23.4 Å². The number of aryl methyl sites for hydroxylation is 1. The molecule has 1 N–H and O–H groups in total. The Hall–Kier alpha value is -2.39. The van der Waals surface area contributed by atoms with Gasteiger partial charge in [0.05, 0.1) is 11.0 Å². The van der Waals surface area contributed by atoms with Crippen LogP contribution in [0.15, 0.2) is 54.6 Å². The first-order valence-electron chi connectivity index (χ1n) is 8.20. The highest BCUT2D eigenvalue weighted by molar-refractivity contribution is 5.78. The minimum atomic E-state index is 0.986. The average molecular weight is 303 g/mol. The van der Waals surface area contributed by atoms with Crippen molar-refractivity contribution in [2.24, 2.45) is 0 Å². The maximum absolute atomic E-state index is 4.71. The SMILES string of the molecule is Cc1ccc(CN2CC=C(c3nc4ccccc4[nH]3)CC2)cc1. The van der Waals surface area contributed by atoms with E-state index in [1.807, 2.05) is 12.1 Å². The van der Waals surface area contributed by atoms with Gasteiger partial charge >= 0.3 is 0 Å². The summed E-state index contributed by atoms with van der Waals surface area (Å²) in [4.78, 5) is 10.6. The molecule has 3 aromatic rings. The number of imidazole rings is 1. The molecule has 1 aromatic heterocycles. The van der Waals surface area contributed by atoms with Crippen LogP contribution in [0.4, 0.5) is 0 Å². The van der Waals surface area contributed by atoms with Crippen molar-refractivity contribution < 1.29 is 0 Å². The summed E-state index contributed by atoms with van der Waals surface area (Å²) in [7, 11) is 0. The first-order chi connectivity index (χ1) is 11.3. The zero-order valence-corrected chi connectivity index (χ0v) is 13.4. The molecule has 1 aliphatic heterocycles. The lowest BCUT2D eigenvalue weighted by Crippen LogP contribution is -2.28. The third kappa shape index (κ3) is 3.06. The highest BCUT2D eigenvalue weighted by atomic mass is 15.1. The van der Waals surface area contributed by atoms with E-state index in [1.54, 1.807) is 0 Å². The maximum atomic E-state index is 4.71. The van der Waals surface area contributed by atoms with Crippen molar-refractivity contribution in [3.63, 3.8) is 0 Å². The standard InChI is InChI=1S/C20H21N3/c1-15-6-8-16(9-7-15)14-23-12-10-17(11-13-23)20-21-18-4-2-3-5-19(18)22-20/h2-10H,11-14H2,1H3,(H,21,22). The van der Waals surface area contributed by atoms with E-state index in [-0.39, 0.29) is 0 Å². The van der Waals surface area contributed by atoms with Crippen LogP contribution >= 0.6 is 0 Å². The highest BCUT2D eigenvalue weighted by Gasteiger charge is 2.15. The molecular weight excluding hydrogens is 282 g/mol. The largest absolute Gasteiger partial charge is 0.338 e. The third-order valence-corrected chi connectivity index (χ3v) is 4.51. The van der Waals surface area contributed by atoms with Gasteiger partial charge in [0, 0.05) is 19.6 Å². The Morgan fingerprint density at radius 1 is 1.09 bits per heavy atom. The summed E-state index contributed by atoms with van der Waals surface area (Å²) in [6.45, 7) is 5.22. The maximum Gasteiger partial charge on any atom is 0.134 e. The molecule has 23 heavy (non-hydrogen) atoms. The van der Waals surface area contributed by atoms with E-state index in [1.165, 1.54) is 16.7 Å². The Balaban J connectivity index is 1.47. The van der Waals surface area contributed by atoms with Crippen LogP contribution in [0.25, 0.3) is 16.6 Å². The van der Waals surface area contributed by atoms with Crippen molar-refractivity contribution in [2.45, 2.75) is 19.9 Å². The van der Waals surface area contributed by atoms with Crippen LogP contribution in [0.3, 0.4) is 0 Å². The van der Waals surface area contributed by atoms with Crippen LogP contribution < -0.4 is 0 Å². The number of benzene rings is 2. The van der Waals surface area contributed by atoms with Crippen molar-refractivity contribution in [1.29, 1.82) is 0 Å².